The van der Waals surface area contributed by atoms with Crippen LogP contribution in [0.3, 0.4) is 0 Å². The van der Waals surface area contributed by atoms with E-state index in [0.717, 1.165) is 41.4 Å². The second-order valence-electron chi connectivity index (χ2n) is 11.6. The van der Waals surface area contributed by atoms with Crippen LogP contribution in [-0.4, -0.2) is 36.5 Å². The molecule has 2 aliphatic carbocycles. The van der Waals surface area contributed by atoms with E-state index in [1.54, 1.807) is 0 Å². The number of nitrogens with one attached hydrogen (secondary N) is 1. The number of carbonyl (C=O) groups is 1. The molecule has 0 radical (unpaired) electrons. The van der Waals surface area contributed by atoms with E-state index in [1.165, 1.54) is 43.5 Å². The first kappa shape index (κ1) is 24.2. The molecule has 4 heteroatoms. The van der Waals surface area contributed by atoms with Gasteiger partial charge in [0.25, 0.3) is 5.91 Å². The Morgan fingerprint density at radius 2 is 1.84 bits per heavy atom. The van der Waals surface area contributed by atoms with Crippen molar-refractivity contribution in [3.8, 4) is 11.5 Å². The van der Waals surface area contributed by atoms with Crippen LogP contribution in [0.25, 0.3) is 0 Å². The minimum absolute atomic E-state index is 0.0176. The van der Waals surface area contributed by atoms with Crippen LogP contribution in [0.1, 0.15) is 60.2 Å². The van der Waals surface area contributed by atoms with Crippen molar-refractivity contribution >= 4 is 5.91 Å². The van der Waals surface area contributed by atoms with Gasteiger partial charge in [-0.15, -0.1) is 0 Å². The van der Waals surface area contributed by atoms with Gasteiger partial charge in [-0.1, -0.05) is 50.2 Å². The molecule has 1 amide bonds. The van der Waals surface area contributed by atoms with Gasteiger partial charge in [0.15, 0.2) is 0 Å². The van der Waals surface area contributed by atoms with E-state index in [1.807, 2.05) is 54.6 Å². The second kappa shape index (κ2) is 9.98. The highest BCUT2D eigenvalue weighted by atomic mass is 16.5. The van der Waals surface area contributed by atoms with Crippen LogP contribution >= 0.6 is 0 Å². The molecule has 2 fully saturated rings. The Hall–Kier alpha value is -3.11. The lowest BCUT2D eigenvalue weighted by atomic mass is 9.59. The maximum atomic E-state index is 13.1. The van der Waals surface area contributed by atoms with E-state index in [-0.39, 0.29) is 11.3 Å². The van der Waals surface area contributed by atoms with Gasteiger partial charge in [-0.05, 0) is 109 Å². The Bertz CT molecular complexity index is 1270. The first-order valence-corrected chi connectivity index (χ1v) is 14.0. The number of nitrogens with zero attached hydrogens (tertiary/aromatic N) is 1. The van der Waals surface area contributed by atoms with Gasteiger partial charge in [0.05, 0.1) is 0 Å². The van der Waals surface area contributed by atoms with Crippen molar-refractivity contribution < 1.29 is 9.53 Å². The van der Waals surface area contributed by atoms with Crippen molar-refractivity contribution in [2.24, 2.45) is 11.8 Å². The Balaban J connectivity index is 1.09. The number of benzene rings is 3. The molecule has 3 atom stereocenters. The summed E-state index contributed by atoms with van der Waals surface area (Å²) in [5.41, 5.74) is 4.92. The number of carbonyl (C=O) groups excluding carboxylic acids is 1. The largest absolute Gasteiger partial charge is 0.457 e. The molecule has 1 saturated heterocycles. The predicted molar refractivity (Wildman–Crippen MR) is 148 cm³/mol. The van der Waals surface area contributed by atoms with Gasteiger partial charge < -0.3 is 10.1 Å². The monoisotopic (exact) mass is 494 g/mol. The van der Waals surface area contributed by atoms with E-state index < -0.39 is 0 Å². The summed E-state index contributed by atoms with van der Waals surface area (Å²) in [5.74, 6) is 3.19. The summed E-state index contributed by atoms with van der Waals surface area (Å²) in [4.78, 5) is 15.9. The number of hydrogen-bond donors (Lipinski definition) is 1. The quantitative estimate of drug-likeness (QED) is 0.395. The normalized spacial score (nSPS) is 24.8. The first-order chi connectivity index (χ1) is 18.0. The molecule has 2 bridgehead atoms. The predicted octanol–water partition coefficient (Wildman–Crippen LogP) is 6.39. The molecule has 4 nitrogen and oxygen atoms in total. The zero-order valence-corrected chi connectivity index (χ0v) is 22.1. The fourth-order valence-corrected chi connectivity index (χ4v) is 6.52. The standard InChI is InChI=1S/C33H38N2O2/c1-23-31-21-26-13-14-27(20-30(26)33(23,2)16-18-35(31)22-25-11-12-25)32(36)34-17-15-24-7-6-10-29(19-24)37-28-8-4-3-5-9-28/h3-10,13-14,19-20,23,25,31H,11-12,15-18,21-22H2,1-2H3,(H,34,36)/t23-,31-,33-/m1/s1. The van der Waals surface area contributed by atoms with Gasteiger partial charge in [0.1, 0.15) is 11.5 Å². The average Bonchev–Trinajstić information content (AvgIpc) is 3.73. The van der Waals surface area contributed by atoms with Gasteiger partial charge >= 0.3 is 0 Å². The van der Waals surface area contributed by atoms with Crippen molar-refractivity contribution in [3.05, 3.63) is 95.1 Å². The van der Waals surface area contributed by atoms with Crippen molar-refractivity contribution in [1.82, 2.24) is 10.2 Å². The molecule has 3 aromatic rings. The number of amides is 1. The minimum atomic E-state index is 0.0176. The summed E-state index contributed by atoms with van der Waals surface area (Å²) in [7, 11) is 0. The molecule has 0 unspecified atom stereocenters. The van der Waals surface area contributed by atoms with Gasteiger partial charge in [-0.3, -0.25) is 9.69 Å². The minimum Gasteiger partial charge on any atom is -0.457 e. The number of piperidine rings is 1. The average molecular weight is 495 g/mol. The molecular formula is C33H38N2O2. The third kappa shape index (κ3) is 5.04. The van der Waals surface area contributed by atoms with Crippen LogP contribution in [0.5, 0.6) is 11.5 Å². The lowest BCUT2D eigenvalue weighted by Gasteiger charge is -2.55. The summed E-state index contributed by atoms with van der Waals surface area (Å²) in [6.45, 7) is 7.93. The fraction of sp³-hybridized carbons (Fsp3) is 0.424. The van der Waals surface area contributed by atoms with Crippen LogP contribution in [0.2, 0.25) is 0 Å². The van der Waals surface area contributed by atoms with Crippen LogP contribution in [0.4, 0.5) is 0 Å². The molecule has 1 saturated carbocycles. The SMILES string of the molecule is C[C@@H]1[C@H]2Cc3ccc(C(=O)NCCc4cccc(Oc5ccccc5)c4)cc3[C@]1(C)CCN2CC1CC1. The molecule has 1 aliphatic heterocycles. The lowest BCUT2D eigenvalue weighted by molar-refractivity contribution is 0.0284. The van der Waals surface area contributed by atoms with Crippen LogP contribution in [0, 0.1) is 11.8 Å². The molecule has 0 spiro atoms. The molecule has 0 aromatic heterocycles. The fourth-order valence-electron chi connectivity index (χ4n) is 6.52. The summed E-state index contributed by atoms with van der Waals surface area (Å²) in [6, 6.07) is 25.0. The number of rotatable bonds is 8. The van der Waals surface area contributed by atoms with E-state index >= 15 is 0 Å². The molecule has 1 N–H and O–H groups in total. The van der Waals surface area contributed by atoms with Gasteiger partial charge in [0, 0.05) is 24.7 Å². The van der Waals surface area contributed by atoms with E-state index in [9.17, 15) is 4.79 Å². The third-order valence-corrected chi connectivity index (χ3v) is 9.15. The van der Waals surface area contributed by atoms with Crippen LogP contribution in [0.15, 0.2) is 72.8 Å². The van der Waals surface area contributed by atoms with E-state index in [2.05, 4.69) is 42.3 Å². The summed E-state index contributed by atoms with van der Waals surface area (Å²) in [5, 5.41) is 3.15. The van der Waals surface area contributed by atoms with Gasteiger partial charge in [0.2, 0.25) is 0 Å². The number of ether oxygens (including phenoxy) is 1. The molecule has 3 aromatic carbocycles. The highest BCUT2D eigenvalue weighted by Gasteiger charge is 2.49. The maximum Gasteiger partial charge on any atom is 0.251 e. The highest BCUT2D eigenvalue weighted by molar-refractivity contribution is 5.94. The van der Waals surface area contributed by atoms with Gasteiger partial charge in [-0.25, -0.2) is 0 Å². The molecule has 37 heavy (non-hydrogen) atoms. The zero-order valence-electron chi connectivity index (χ0n) is 22.1. The second-order valence-corrected chi connectivity index (χ2v) is 11.6. The Morgan fingerprint density at radius 1 is 1.03 bits per heavy atom. The van der Waals surface area contributed by atoms with E-state index in [4.69, 9.17) is 4.74 Å². The Labute approximate surface area is 221 Å². The zero-order chi connectivity index (χ0) is 25.4. The summed E-state index contributed by atoms with van der Waals surface area (Å²) in [6.07, 6.45) is 5.88. The van der Waals surface area contributed by atoms with Crippen LogP contribution in [-0.2, 0) is 18.3 Å². The van der Waals surface area contributed by atoms with E-state index in [0.29, 0.717) is 18.5 Å². The van der Waals surface area contributed by atoms with Crippen molar-refractivity contribution in [3.63, 3.8) is 0 Å². The smallest absolute Gasteiger partial charge is 0.251 e. The van der Waals surface area contributed by atoms with Crippen LogP contribution < -0.4 is 10.1 Å². The summed E-state index contributed by atoms with van der Waals surface area (Å²) < 4.78 is 5.96. The summed E-state index contributed by atoms with van der Waals surface area (Å²) >= 11 is 0. The Morgan fingerprint density at radius 3 is 2.65 bits per heavy atom. The Kier molecular flexibility index (Phi) is 6.54. The van der Waals surface area contributed by atoms with Crippen molar-refractivity contribution in [2.75, 3.05) is 19.6 Å². The third-order valence-electron chi connectivity index (χ3n) is 9.15. The van der Waals surface area contributed by atoms with Crippen molar-refractivity contribution in [1.29, 1.82) is 0 Å². The topological polar surface area (TPSA) is 41.6 Å². The molecule has 3 aliphatic rings. The highest BCUT2D eigenvalue weighted by Crippen LogP contribution is 2.49. The van der Waals surface area contributed by atoms with Gasteiger partial charge in [-0.2, -0.15) is 0 Å². The molecule has 1 heterocycles. The molecular weight excluding hydrogens is 456 g/mol. The lowest BCUT2D eigenvalue weighted by Crippen LogP contribution is -2.58. The number of para-hydroxylation sites is 1. The molecule has 6 rings (SSSR count). The molecule has 192 valence electrons. The number of fused-ring (bicyclic) bond motifs is 4. The van der Waals surface area contributed by atoms with Crippen molar-refractivity contribution in [2.45, 2.75) is 57.4 Å². The maximum absolute atomic E-state index is 13.1. The number of hydrogen-bond acceptors (Lipinski definition) is 3. The number of likely N-dealkylation sites (tertiary alicyclic amines) is 1. The first-order valence-electron chi connectivity index (χ1n) is 14.0.